The van der Waals surface area contributed by atoms with Gasteiger partial charge in [0.05, 0.1) is 12.2 Å². The number of amides is 2. The number of fused-ring (bicyclic) bond motifs is 1. The van der Waals surface area contributed by atoms with Crippen LogP contribution in [0, 0.1) is 0 Å². The predicted molar refractivity (Wildman–Crippen MR) is 115 cm³/mol. The van der Waals surface area contributed by atoms with Gasteiger partial charge in [0.25, 0.3) is 11.8 Å². The molecule has 1 aliphatic carbocycles. The first kappa shape index (κ1) is 22.0. The lowest BCUT2D eigenvalue weighted by Crippen LogP contribution is -2.30. The van der Waals surface area contributed by atoms with Crippen LogP contribution in [0.4, 0.5) is 5.00 Å². The third-order valence-corrected chi connectivity index (χ3v) is 6.47. The molecule has 162 valence electrons. The summed E-state index contributed by atoms with van der Waals surface area (Å²) in [4.78, 5) is 40.9. The number of anilines is 1. The van der Waals surface area contributed by atoms with Crippen LogP contribution in [0.5, 0.6) is 0 Å². The van der Waals surface area contributed by atoms with Gasteiger partial charge in [0.15, 0.2) is 5.69 Å². The van der Waals surface area contributed by atoms with Crippen LogP contribution in [0.25, 0.3) is 0 Å². The Morgan fingerprint density at radius 3 is 2.57 bits per heavy atom. The lowest BCUT2D eigenvalue weighted by atomic mass is 9.95. The summed E-state index contributed by atoms with van der Waals surface area (Å²) in [6.07, 6.45) is 3.80. The van der Waals surface area contributed by atoms with Crippen LogP contribution in [0.2, 0.25) is 0 Å². The smallest absolute Gasteiger partial charge is 0.341 e. The number of hydrogen-bond donors (Lipinski definition) is 1. The Morgan fingerprint density at radius 1 is 1.20 bits per heavy atom. The van der Waals surface area contributed by atoms with Crippen molar-refractivity contribution in [2.45, 2.75) is 46.5 Å². The Hall–Kier alpha value is -2.68. The van der Waals surface area contributed by atoms with E-state index in [1.807, 2.05) is 13.8 Å². The van der Waals surface area contributed by atoms with E-state index >= 15 is 0 Å². The van der Waals surface area contributed by atoms with Gasteiger partial charge in [-0.2, -0.15) is 5.10 Å². The molecule has 0 radical (unpaired) electrons. The molecular weight excluding hydrogens is 404 g/mol. The number of aromatic nitrogens is 2. The van der Waals surface area contributed by atoms with Crippen molar-refractivity contribution in [1.29, 1.82) is 0 Å². The SMILES string of the molecule is CCOC(=O)c1c(NC(=O)c2cc(C(=O)N(CC)CC)nn2C)sc2c1CCCC2. The van der Waals surface area contributed by atoms with Gasteiger partial charge in [-0.15, -0.1) is 11.3 Å². The normalized spacial score (nSPS) is 12.9. The second-order valence-electron chi connectivity index (χ2n) is 7.11. The van der Waals surface area contributed by atoms with Gasteiger partial charge in [0.1, 0.15) is 10.7 Å². The van der Waals surface area contributed by atoms with E-state index < -0.39 is 11.9 Å². The first-order valence-corrected chi connectivity index (χ1v) is 11.2. The zero-order valence-electron chi connectivity index (χ0n) is 17.9. The van der Waals surface area contributed by atoms with Gasteiger partial charge < -0.3 is 15.0 Å². The highest BCUT2D eigenvalue weighted by Gasteiger charge is 2.28. The number of rotatable bonds is 7. The fraction of sp³-hybridized carbons (Fsp3) is 0.524. The first-order chi connectivity index (χ1) is 14.4. The molecule has 0 aliphatic heterocycles. The van der Waals surface area contributed by atoms with E-state index in [-0.39, 0.29) is 23.9 Å². The highest BCUT2D eigenvalue weighted by atomic mass is 32.1. The molecule has 0 saturated heterocycles. The van der Waals surface area contributed by atoms with Crippen molar-refractivity contribution in [3.05, 3.63) is 33.5 Å². The second-order valence-corrected chi connectivity index (χ2v) is 8.21. The molecule has 3 rings (SSSR count). The van der Waals surface area contributed by atoms with Gasteiger partial charge >= 0.3 is 5.97 Å². The quantitative estimate of drug-likeness (QED) is 0.678. The standard InChI is InChI=1S/C21H28N4O4S/c1-5-25(6-2)20(27)14-12-15(24(4)23-14)18(26)22-19-17(21(28)29-7-3)13-10-8-9-11-16(13)30-19/h12H,5-11H2,1-4H3,(H,22,26). The van der Waals surface area contributed by atoms with Crippen LogP contribution in [-0.4, -0.2) is 52.2 Å². The van der Waals surface area contributed by atoms with Crippen LogP contribution in [0.15, 0.2) is 6.07 Å². The van der Waals surface area contributed by atoms with E-state index in [2.05, 4.69) is 10.4 Å². The summed E-state index contributed by atoms with van der Waals surface area (Å²) in [6.45, 7) is 6.96. The van der Waals surface area contributed by atoms with E-state index in [4.69, 9.17) is 4.74 Å². The number of hydrogen-bond acceptors (Lipinski definition) is 6. The molecule has 9 heteroatoms. The Bertz CT molecular complexity index is 959. The third-order valence-electron chi connectivity index (χ3n) is 5.26. The number of carbonyl (C=O) groups excluding carboxylic acids is 3. The minimum Gasteiger partial charge on any atom is -0.462 e. The topological polar surface area (TPSA) is 93.5 Å². The summed E-state index contributed by atoms with van der Waals surface area (Å²) in [6, 6.07) is 1.49. The van der Waals surface area contributed by atoms with Gasteiger partial charge in [-0.05, 0) is 52.0 Å². The summed E-state index contributed by atoms with van der Waals surface area (Å²) in [5.74, 6) is -1.03. The maximum atomic E-state index is 13.0. The zero-order chi connectivity index (χ0) is 21.8. The molecule has 0 aromatic carbocycles. The minimum absolute atomic E-state index is 0.214. The van der Waals surface area contributed by atoms with Crippen molar-refractivity contribution in [3.63, 3.8) is 0 Å². The van der Waals surface area contributed by atoms with Crippen molar-refractivity contribution in [2.75, 3.05) is 25.0 Å². The largest absolute Gasteiger partial charge is 0.462 e. The summed E-state index contributed by atoms with van der Waals surface area (Å²) in [5, 5.41) is 7.59. The number of carbonyl (C=O) groups is 3. The molecule has 0 atom stereocenters. The maximum absolute atomic E-state index is 13.0. The average molecular weight is 433 g/mol. The van der Waals surface area contributed by atoms with Crippen LogP contribution in [0.1, 0.15) is 75.4 Å². The fourth-order valence-corrected chi connectivity index (χ4v) is 4.97. The van der Waals surface area contributed by atoms with Gasteiger partial charge in [-0.25, -0.2) is 4.79 Å². The number of esters is 1. The molecule has 30 heavy (non-hydrogen) atoms. The summed E-state index contributed by atoms with van der Waals surface area (Å²) in [5.41, 5.74) is 1.93. The molecule has 0 saturated carbocycles. The molecule has 2 amide bonds. The van der Waals surface area contributed by atoms with E-state index in [0.29, 0.717) is 23.7 Å². The number of nitrogens with zero attached hydrogens (tertiary/aromatic N) is 3. The van der Waals surface area contributed by atoms with Gasteiger partial charge in [-0.3, -0.25) is 14.3 Å². The van der Waals surface area contributed by atoms with Crippen molar-refractivity contribution in [3.8, 4) is 0 Å². The average Bonchev–Trinajstić information content (AvgIpc) is 3.29. The summed E-state index contributed by atoms with van der Waals surface area (Å²) < 4.78 is 6.63. The monoisotopic (exact) mass is 432 g/mol. The predicted octanol–water partition coefficient (Wildman–Crippen LogP) is 3.27. The lowest BCUT2D eigenvalue weighted by molar-refractivity contribution is 0.0526. The van der Waals surface area contributed by atoms with E-state index in [0.717, 1.165) is 36.1 Å². The molecule has 0 spiro atoms. The molecule has 1 N–H and O–H groups in total. The molecule has 2 aromatic heterocycles. The number of nitrogens with one attached hydrogen (secondary N) is 1. The lowest BCUT2D eigenvalue weighted by Gasteiger charge is -2.16. The van der Waals surface area contributed by atoms with Gasteiger partial charge in [-0.1, -0.05) is 0 Å². The summed E-state index contributed by atoms with van der Waals surface area (Å²) >= 11 is 1.43. The molecule has 0 bridgehead atoms. The highest BCUT2D eigenvalue weighted by Crippen LogP contribution is 2.38. The Morgan fingerprint density at radius 2 is 1.90 bits per heavy atom. The molecule has 8 nitrogen and oxygen atoms in total. The third kappa shape index (κ3) is 4.26. The number of aryl methyl sites for hydroxylation is 2. The minimum atomic E-state index is -0.409. The molecular formula is C21H28N4O4S. The zero-order valence-corrected chi connectivity index (χ0v) is 18.7. The number of thiophene rings is 1. The molecule has 2 aromatic rings. The van der Waals surface area contributed by atoms with Crippen LogP contribution < -0.4 is 5.32 Å². The Kier molecular flexibility index (Phi) is 6.91. The van der Waals surface area contributed by atoms with Gasteiger partial charge in [0, 0.05) is 31.1 Å². The van der Waals surface area contributed by atoms with Crippen LogP contribution in [0.3, 0.4) is 0 Å². The van der Waals surface area contributed by atoms with Crippen molar-refractivity contribution in [2.24, 2.45) is 7.05 Å². The van der Waals surface area contributed by atoms with Crippen molar-refractivity contribution < 1.29 is 19.1 Å². The first-order valence-electron chi connectivity index (χ1n) is 10.4. The second kappa shape index (κ2) is 9.42. The van der Waals surface area contributed by atoms with Gasteiger partial charge in [0.2, 0.25) is 0 Å². The van der Waals surface area contributed by atoms with E-state index in [1.54, 1.807) is 18.9 Å². The summed E-state index contributed by atoms with van der Waals surface area (Å²) in [7, 11) is 1.62. The van der Waals surface area contributed by atoms with E-state index in [1.165, 1.54) is 22.1 Å². The van der Waals surface area contributed by atoms with Crippen molar-refractivity contribution in [1.82, 2.24) is 14.7 Å². The van der Waals surface area contributed by atoms with Crippen LogP contribution in [-0.2, 0) is 24.6 Å². The maximum Gasteiger partial charge on any atom is 0.341 e. The molecule has 0 fully saturated rings. The van der Waals surface area contributed by atoms with Crippen LogP contribution >= 0.6 is 11.3 Å². The Balaban J connectivity index is 1.89. The number of ether oxygens (including phenoxy) is 1. The fourth-order valence-electron chi connectivity index (χ4n) is 3.70. The highest BCUT2D eigenvalue weighted by molar-refractivity contribution is 7.17. The molecule has 0 unspecified atom stereocenters. The van der Waals surface area contributed by atoms with E-state index in [9.17, 15) is 14.4 Å². The molecule has 2 heterocycles. The Labute approximate surface area is 180 Å². The molecule has 1 aliphatic rings. The van der Waals surface area contributed by atoms with Crippen molar-refractivity contribution >= 4 is 34.1 Å².